The molecule has 0 bridgehead atoms. The first kappa shape index (κ1) is 23.5. The number of amides is 1. The smallest absolute Gasteiger partial charge is 0.306 e. The molecular weight excluding hydrogens is 475 g/mol. The van der Waals surface area contributed by atoms with E-state index in [2.05, 4.69) is 25.3 Å². The van der Waals surface area contributed by atoms with Crippen LogP contribution in [0.15, 0.2) is 24.7 Å². The van der Waals surface area contributed by atoms with Crippen molar-refractivity contribution >= 4 is 40.3 Å². The molecule has 35 heavy (non-hydrogen) atoms. The number of hydrogen-bond acceptors (Lipinski definition) is 6. The van der Waals surface area contributed by atoms with E-state index in [1.807, 2.05) is 4.90 Å². The number of H-pyrrole nitrogens is 1. The molecule has 3 aromatic heterocycles. The van der Waals surface area contributed by atoms with Gasteiger partial charge in [0, 0.05) is 48.9 Å². The maximum atomic E-state index is 14.5. The summed E-state index contributed by atoms with van der Waals surface area (Å²) in [6.45, 7) is 1.69. The zero-order valence-electron chi connectivity index (χ0n) is 19.0. The Morgan fingerprint density at radius 1 is 1.23 bits per heavy atom. The van der Waals surface area contributed by atoms with Gasteiger partial charge in [0.05, 0.1) is 17.1 Å². The lowest BCUT2D eigenvalue weighted by Crippen LogP contribution is -2.44. The standard InChI is InChI=1S/C24H26ClFN6O3/c25-16-7-17-18(10-29-20(17)28-9-16)21-30-11-19(26)22(31-21)27-8-13-2-1-5-32(12-13)23(33)14-3-4-15(6-14)24(34)35/h7,9-11,13-15H,1-6,8,12H2,(H,28,29)(H,34,35)(H,27,30,31)/t13-,14-,15+/m1/s1. The van der Waals surface area contributed by atoms with E-state index in [1.54, 1.807) is 12.3 Å². The monoisotopic (exact) mass is 500 g/mol. The molecule has 1 aliphatic heterocycles. The second kappa shape index (κ2) is 9.77. The third-order valence-electron chi connectivity index (χ3n) is 7.00. The summed E-state index contributed by atoms with van der Waals surface area (Å²) in [6.07, 6.45) is 7.75. The molecule has 4 heterocycles. The Balaban J connectivity index is 1.24. The molecule has 1 aliphatic carbocycles. The average Bonchev–Trinajstić information content (AvgIpc) is 3.51. The highest BCUT2D eigenvalue weighted by Gasteiger charge is 2.37. The average molecular weight is 501 g/mol. The lowest BCUT2D eigenvalue weighted by Gasteiger charge is -2.34. The van der Waals surface area contributed by atoms with Crippen molar-refractivity contribution in [3.8, 4) is 11.4 Å². The van der Waals surface area contributed by atoms with Gasteiger partial charge >= 0.3 is 5.97 Å². The highest BCUT2D eigenvalue weighted by Crippen LogP contribution is 2.33. The number of piperidine rings is 1. The summed E-state index contributed by atoms with van der Waals surface area (Å²) in [6, 6.07) is 1.76. The van der Waals surface area contributed by atoms with Gasteiger partial charge in [0.1, 0.15) is 5.65 Å². The van der Waals surface area contributed by atoms with Gasteiger partial charge in [0.25, 0.3) is 0 Å². The Kier molecular flexibility index (Phi) is 6.55. The molecule has 1 amide bonds. The lowest BCUT2D eigenvalue weighted by molar-refractivity contribution is -0.142. The molecule has 2 aliphatic rings. The quantitative estimate of drug-likeness (QED) is 0.468. The molecule has 11 heteroatoms. The number of carbonyl (C=O) groups is 2. The fourth-order valence-electron chi connectivity index (χ4n) is 5.14. The number of aromatic amines is 1. The van der Waals surface area contributed by atoms with Gasteiger partial charge in [-0.25, -0.2) is 19.3 Å². The largest absolute Gasteiger partial charge is 0.481 e. The van der Waals surface area contributed by atoms with Crippen molar-refractivity contribution in [1.82, 2.24) is 24.8 Å². The van der Waals surface area contributed by atoms with Gasteiger partial charge in [-0.2, -0.15) is 0 Å². The number of fused-ring (bicyclic) bond motifs is 1. The minimum Gasteiger partial charge on any atom is -0.481 e. The first-order valence-electron chi connectivity index (χ1n) is 11.8. The van der Waals surface area contributed by atoms with Crippen molar-refractivity contribution in [2.24, 2.45) is 17.8 Å². The van der Waals surface area contributed by atoms with Crippen LogP contribution in [-0.4, -0.2) is 61.5 Å². The van der Waals surface area contributed by atoms with Gasteiger partial charge in [-0.15, -0.1) is 0 Å². The van der Waals surface area contributed by atoms with Gasteiger partial charge in [-0.3, -0.25) is 9.59 Å². The molecule has 3 atom stereocenters. The number of carboxylic acid groups (broad SMARTS) is 1. The van der Waals surface area contributed by atoms with E-state index in [0.717, 1.165) is 24.4 Å². The number of likely N-dealkylation sites (tertiary alicyclic amines) is 1. The molecule has 3 aromatic rings. The van der Waals surface area contributed by atoms with Crippen LogP contribution in [0.1, 0.15) is 32.1 Å². The van der Waals surface area contributed by atoms with E-state index in [1.165, 1.54) is 6.20 Å². The van der Waals surface area contributed by atoms with Crippen molar-refractivity contribution in [1.29, 1.82) is 0 Å². The predicted molar refractivity (Wildman–Crippen MR) is 128 cm³/mol. The fourth-order valence-corrected chi connectivity index (χ4v) is 5.30. The fraction of sp³-hybridized carbons (Fsp3) is 0.458. The van der Waals surface area contributed by atoms with E-state index in [0.29, 0.717) is 61.0 Å². The molecule has 0 spiro atoms. The summed E-state index contributed by atoms with van der Waals surface area (Å²) in [4.78, 5) is 41.9. The molecule has 2 fully saturated rings. The van der Waals surface area contributed by atoms with Crippen LogP contribution in [0.3, 0.4) is 0 Å². The number of halogens is 2. The normalized spacial score (nSPS) is 22.5. The SMILES string of the molecule is O=C(O)[C@H]1CC[C@@H](C(=O)N2CCC[C@H](CNc3nc(-c4c[nH]c5ncc(Cl)cc45)ncc3F)C2)C1. The Bertz CT molecular complexity index is 1270. The Hall–Kier alpha value is -3.27. The summed E-state index contributed by atoms with van der Waals surface area (Å²) in [7, 11) is 0. The summed E-state index contributed by atoms with van der Waals surface area (Å²) in [5.41, 5.74) is 1.31. The van der Waals surface area contributed by atoms with Crippen molar-refractivity contribution in [3.05, 3.63) is 35.5 Å². The zero-order chi connectivity index (χ0) is 24.5. The zero-order valence-corrected chi connectivity index (χ0v) is 19.8. The molecule has 0 unspecified atom stereocenters. The number of rotatable bonds is 6. The lowest BCUT2D eigenvalue weighted by atomic mass is 9.95. The third kappa shape index (κ3) is 4.93. The van der Waals surface area contributed by atoms with Gasteiger partial charge < -0.3 is 20.3 Å². The van der Waals surface area contributed by atoms with Crippen molar-refractivity contribution in [2.75, 3.05) is 25.0 Å². The van der Waals surface area contributed by atoms with Crippen LogP contribution in [-0.2, 0) is 9.59 Å². The Morgan fingerprint density at radius 3 is 2.86 bits per heavy atom. The van der Waals surface area contributed by atoms with Crippen LogP contribution in [0.25, 0.3) is 22.4 Å². The number of carbonyl (C=O) groups excluding carboxylic acids is 1. The highest BCUT2D eigenvalue weighted by atomic mass is 35.5. The first-order chi connectivity index (χ1) is 16.9. The third-order valence-corrected chi connectivity index (χ3v) is 7.21. The minimum atomic E-state index is -0.820. The van der Waals surface area contributed by atoms with Crippen LogP contribution in [0.5, 0.6) is 0 Å². The molecule has 1 saturated heterocycles. The first-order valence-corrected chi connectivity index (χ1v) is 12.2. The van der Waals surface area contributed by atoms with Crippen molar-refractivity contribution in [2.45, 2.75) is 32.1 Å². The number of aromatic nitrogens is 4. The second-order valence-corrected chi connectivity index (χ2v) is 9.80. The Labute approximate surface area is 206 Å². The Morgan fingerprint density at radius 2 is 2.06 bits per heavy atom. The molecular formula is C24H26ClFN6O3. The van der Waals surface area contributed by atoms with Gasteiger partial charge in [-0.05, 0) is 44.1 Å². The summed E-state index contributed by atoms with van der Waals surface area (Å²) in [5, 5.41) is 13.5. The number of hydrogen-bond donors (Lipinski definition) is 3. The van der Waals surface area contributed by atoms with E-state index < -0.39 is 17.7 Å². The number of pyridine rings is 1. The van der Waals surface area contributed by atoms with Crippen molar-refractivity contribution in [3.63, 3.8) is 0 Å². The number of nitrogens with zero attached hydrogens (tertiary/aromatic N) is 4. The van der Waals surface area contributed by atoms with Gasteiger partial charge in [-0.1, -0.05) is 11.6 Å². The molecule has 9 nitrogen and oxygen atoms in total. The predicted octanol–water partition coefficient (Wildman–Crippen LogP) is 3.96. The highest BCUT2D eigenvalue weighted by molar-refractivity contribution is 6.31. The van der Waals surface area contributed by atoms with Crippen LogP contribution in [0.2, 0.25) is 5.02 Å². The van der Waals surface area contributed by atoms with Crippen molar-refractivity contribution < 1.29 is 19.1 Å². The van der Waals surface area contributed by atoms with Crippen LogP contribution >= 0.6 is 11.6 Å². The van der Waals surface area contributed by atoms with Gasteiger partial charge in [0.15, 0.2) is 17.5 Å². The topological polar surface area (TPSA) is 124 Å². The van der Waals surface area contributed by atoms with E-state index in [-0.39, 0.29) is 23.6 Å². The number of aliphatic carboxylic acids is 1. The van der Waals surface area contributed by atoms with E-state index in [9.17, 15) is 19.1 Å². The number of anilines is 1. The molecule has 184 valence electrons. The van der Waals surface area contributed by atoms with Crippen LogP contribution < -0.4 is 5.32 Å². The second-order valence-electron chi connectivity index (χ2n) is 9.36. The van der Waals surface area contributed by atoms with E-state index >= 15 is 0 Å². The molecule has 1 saturated carbocycles. The van der Waals surface area contributed by atoms with Gasteiger partial charge in [0.2, 0.25) is 5.91 Å². The van der Waals surface area contributed by atoms with Crippen LogP contribution in [0.4, 0.5) is 10.2 Å². The minimum absolute atomic E-state index is 0.0422. The number of carboxylic acids is 1. The summed E-state index contributed by atoms with van der Waals surface area (Å²) in [5.74, 6) is -1.40. The summed E-state index contributed by atoms with van der Waals surface area (Å²) >= 11 is 6.08. The molecule has 5 rings (SSSR count). The number of nitrogens with one attached hydrogen (secondary N) is 2. The molecule has 0 aromatic carbocycles. The maximum absolute atomic E-state index is 14.5. The van der Waals surface area contributed by atoms with Crippen LogP contribution in [0, 0.1) is 23.6 Å². The maximum Gasteiger partial charge on any atom is 0.306 e. The molecule has 0 radical (unpaired) electrons. The van der Waals surface area contributed by atoms with E-state index in [4.69, 9.17) is 11.6 Å². The summed E-state index contributed by atoms with van der Waals surface area (Å²) < 4.78 is 14.5. The molecule has 3 N–H and O–H groups in total.